The standard InChI is InChI=1S/C29H28Cl2FN3O5S2/c1-5-40-28(36)34-42(37,38)22-12-6-18(24(31)15-22)17-41-27-33-16-26(35(27)21-10-8-20(32)9-11-21)29(2,3)19-7-13-23(30)25(14-19)39-4/h6-16H,5,17H2,1-4H3,(H,34,36). The molecule has 0 fully saturated rings. The number of carbonyl (C=O) groups excluding carboxylic acids is 1. The Bertz CT molecular complexity index is 1710. The highest BCUT2D eigenvalue weighted by atomic mass is 35.5. The van der Waals surface area contributed by atoms with Crippen LogP contribution in [0.3, 0.4) is 0 Å². The summed E-state index contributed by atoms with van der Waals surface area (Å²) in [6.07, 6.45) is 0.696. The number of aromatic nitrogens is 2. The summed E-state index contributed by atoms with van der Waals surface area (Å²) < 4.78 is 52.8. The molecule has 3 aromatic carbocycles. The highest BCUT2D eigenvalue weighted by Crippen LogP contribution is 2.39. The van der Waals surface area contributed by atoms with E-state index >= 15 is 0 Å². The van der Waals surface area contributed by atoms with Crippen molar-refractivity contribution in [2.45, 2.75) is 42.0 Å². The molecule has 13 heteroatoms. The van der Waals surface area contributed by atoms with E-state index in [2.05, 4.69) is 4.74 Å². The van der Waals surface area contributed by atoms with Gasteiger partial charge in [0.2, 0.25) is 0 Å². The topological polar surface area (TPSA) is 99.5 Å². The van der Waals surface area contributed by atoms with Gasteiger partial charge in [0, 0.05) is 21.9 Å². The van der Waals surface area contributed by atoms with E-state index in [4.69, 9.17) is 32.9 Å². The van der Waals surface area contributed by atoms with Crippen molar-refractivity contribution in [3.63, 3.8) is 0 Å². The van der Waals surface area contributed by atoms with Gasteiger partial charge in [-0.3, -0.25) is 4.57 Å². The maximum atomic E-state index is 13.8. The number of ether oxygens (including phenoxy) is 2. The van der Waals surface area contributed by atoms with E-state index in [0.717, 1.165) is 11.3 Å². The number of hydrogen-bond donors (Lipinski definition) is 1. The van der Waals surface area contributed by atoms with Gasteiger partial charge >= 0.3 is 6.09 Å². The normalized spacial score (nSPS) is 11.8. The molecule has 4 rings (SSSR count). The minimum absolute atomic E-state index is 0.0265. The molecule has 42 heavy (non-hydrogen) atoms. The van der Waals surface area contributed by atoms with Crippen molar-refractivity contribution < 1.29 is 27.1 Å². The van der Waals surface area contributed by atoms with E-state index in [1.165, 1.54) is 36.0 Å². The molecule has 0 aliphatic heterocycles. The molecular weight excluding hydrogens is 624 g/mol. The minimum Gasteiger partial charge on any atom is -0.495 e. The van der Waals surface area contributed by atoms with E-state index in [1.807, 2.05) is 35.3 Å². The number of thioether (sulfide) groups is 1. The molecule has 1 heterocycles. The monoisotopic (exact) mass is 651 g/mol. The molecule has 0 saturated carbocycles. The molecule has 0 aliphatic carbocycles. The lowest BCUT2D eigenvalue weighted by Crippen LogP contribution is -2.31. The van der Waals surface area contributed by atoms with Crippen LogP contribution in [0.25, 0.3) is 5.69 Å². The van der Waals surface area contributed by atoms with E-state index in [0.29, 0.717) is 32.9 Å². The Morgan fingerprint density at radius 1 is 1.07 bits per heavy atom. The fourth-order valence-electron chi connectivity index (χ4n) is 4.20. The molecule has 1 amide bonds. The van der Waals surface area contributed by atoms with Gasteiger partial charge in [-0.15, -0.1) is 0 Å². The van der Waals surface area contributed by atoms with Gasteiger partial charge in [-0.1, -0.05) is 60.9 Å². The molecule has 0 atom stereocenters. The number of sulfonamides is 1. The third-order valence-corrected chi connectivity index (χ3v) is 9.49. The smallest absolute Gasteiger partial charge is 0.421 e. The first kappa shape index (κ1) is 31.7. The molecule has 0 spiro atoms. The minimum atomic E-state index is -4.16. The number of methoxy groups -OCH3 is 1. The van der Waals surface area contributed by atoms with Crippen molar-refractivity contribution in [3.05, 3.63) is 99.5 Å². The maximum Gasteiger partial charge on any atom is 0.421 e. The Labute approximate surface area is 258 Å². The lowest BCUT2D eigenvalue weighted by Gasteiger charge is -2.28. The number of amides is 1. The number of carbonyl (C=O) groups is 1. The summed E-state index contributed by atoms with van der Waals surface area (Å²) in [7, 11) is -2.61. The summed E-state index contributed by atoms with van der Waals surface area (Å²) in [5.74, 6) is 0.523. The van der Waals surface area contributed by atoms with Gasteiger partial charge in [-0.25, -0.2) is 27.3 Å². The number of rotatable bonds is 10. The van der Waals surface area contributed by atoms with Crippen LogP contribution < -0.4 is 9.46 Å². The first-order valence-corrected chi connectivity index (χ1v) is 15.9. The molecule has 0 bridgehead atoms. The largest absolute Gasteiger partial charge is 0.495 e. The highest BCUT2D eigenvalue weighted by Gasteiger charge is 2.30. The molecular formula is C29H28Cl2FN3O5S2. The van der Waals surface area contributed by atoms with Crippen LogP contribution in [0, 0.1) is 5.82 Å². The van der Waals surface area contributed by atoms with Gasteiger partial charge < -0.3 is 9.47 Å². The first-order chi connectivity index (χ1) is 19.9. The Hall–Kier alpha value is -3.25. The van der Waals surface area contributed by atoms with Crippen LogP contribution >= 0.6 is 35.0 Å². The van der Waals surface area contributed by atoms with Crippen LogP contribution in [0.4, 0.5) is 9.18 Å². The molecule has 0 aliphatic rings. The molecule has 8 nitrogen and oxygen atoms in total. The zero-order chi connectivity index (χ0) is 30.7. The second kappa shape index (κ2) is 12.9. The Kier molecular flexibility index (Phi) is 9.77. The first-order valence-electron chi connectivity index (χ1n) is 12.7. The summed E-state index contributed by atoms with van der Waals surface area (Å²) in [5, 5.41) is 1.30. The molecule has 1 N–H and O–H groups in total. The van der Waals surface area contributed by atoms with Gasteiger partial charge in [-0.2, -0.15) is 0 Å². The van der Waals surface area contributed by atoms with E-state index in [1.54, 1.807) is 44.5 Å². The van der Waals surface area contributed by atoms with E-state index in [9.17, 15) is 17.6 Å². The van der Waals surface area contributed by atoms with Crippen molar-refractivity contribution in [2.24, 2.45) is 0 Å². The van der Waals surface area contributed by atoms with Crippen molar-refractivity contribution in [1.82, 2.24) is 14.3 Å². The quantitative estimate of drug-likeness (QED) is 0.179. The van der Waals surface area contributed by atoms with Crippen LogP contribution in [0.5, 0.6) is 5.75 Å². The fourth-order valence-corrected chi connectivity index (χ4v) is 6.70. The van der Waals surface area contributed by atoms with E-state index in [-0.39, 0.29) is 22.3 Å². The molecule has 1 aromatic heterocycles. The average Bonchev–Trinajstić information content (AvgIpc) is 3.37. The number of hydrogen-bond acceptors (Lipinski definition) is 7. The van der Waals surface area contributed by atoms with Crippen LogP contribution in [-0.4, -0.2) is 37.8 Å². The summed E-state index contributed by atoms with van der Waals surface area (Å²) >= 11 is 14.1. The van der Waals surface area contributed by atoms with Crippen molar-refractivity contribution in [2.75, 3.05) is 13.7 Å². The second-order valence-corrected chi connectivity index (χ2v) is 13.0. The van der Waals surface area contributed by atoms with Crippen molar-refractivity contribution in [3.8, 4) is 11.4 Å². The molecule has 4 aromatic rings. The summed E-state index contributed by atoms with van der Waals surface area (Å²) in [6, 6.07) is 15.9. The van der Waals surface area contributed by atoms with E-state index < -0.39 is 21.5 Å². The number of nitrogens with zero attached hydrogens (tertiary/aromatic N) is 2. The van der Waals surface area contributed by atoms with Crippen LogP contribution in [0.2, 0.25) is 10.0 Å². The maximum absolute atomic E-state index is 13.8. The summed E-state index contributed by atoms with van der Waals surface area (Å²) in [5.41, 5.74) is 2.54. The highest BCUT2D eigenvalue weighted by molar-refractivity contribution is 7.98. The van der Waals surface area contributed by atoms with Gasteiger partial charge in [0.15, 0.2) is 5.16 Å². The summed E-state index contributed by atoms with van der Waals surface area (Å²) in [6.45, 7) is 5.68. The zero-order valence-electron chi connectivity index (χ0n) is 23.2. The summed E-state index contributed by atoms with van der Waals surface area (Å²) in [4.78, 5) is 16.1. The third kappa shape index (κ3) is 6.86. The van der Waals surface area contributed by atoms with Crippen LogP contribution in [0.1, 0.15) is 37.6 Å². The van der Waals surface area contributed by atoms with Crippen LogP contribution in [0.15, 0.2) is 76.9 Å². The number of nitrogens with one attached hydrogen (secondary N) is 1. The lowest BCUT2D eigenvalue weighted by atomic mass is 9.81. The van der Waals surface area contributed by atoms with Gasteiger partial charge in [0.05, 0.1) is 35.5 Å². The fraction of sp³-hybridized carbons (Fsp3) is 0.241. The SMILES string of the molecule is CCOC(=O)NS(=O)(=O)c1ccc(CSc2ncc(C(C)(C)c3ccc(Cl)c(OC)c3)n2-c2ccc(F)cc2)c(Cl)c1. The van der Waals surface area contributed by atoms with Crippen molar-refractivity contribution >= 4 is 51.1 Å². The third-order valence-electron chi connectivity index (χ3n) is 6.51. The van der Waals surface area contributed by atoms with Gasteiger partial charge in [-0.05, 0) is 66.6 Å². The number of benzene rings is 3. The Morgan fingerprint density at radius 3 is 2.43 bits per heavy atom. The molecule has 0 unspecified atom stereocenters. The Balaban J connectivity index is 1.67. The van der Waals surface area contributed by atoms with Crippen molar-refractivity contribution in [1.29, 1.82) is 0 Å². The predicted octanol–water partition coefficient (Wildman–Crippen LogP) is 7.38. The zero-order valence-corrected chi connectivity index (χ0v) is 26.3. The molecule has 0 radical (unpaired) electrons. The Morgan fingerprint density at radius 2 is 1.79 bits per heavy atom. The van der Waals surface area contributed by atoms with Gasteiger partial charge in [0.25, 0.3) is 10.0 Å². The number of halogens is 3. The molecule has 222 valence electrons. The average molecular weight is 653 g/mol. The van der Waals surface area contributed by atoms with Gasteiger partial charge in [0.1, 0.15) is 11.6 Å². The number of imidazole rings is 1. The molecule has 0 saturated heterocycles. The predicted molar refractivity (Wildman–Crippen MR) is 162 cm³/mol. The second-order valence-electron chi connectivity index (χ2n) is 9.58. The van der Waals surface area contributed by atoms with Crippen LogP contribution in [-0.2, 0) is 25.9 Å². The lowest BCUT2D eigenvalue weighted by molar-refractivity contribution is 0.158.